The Balaban J connectivity index is 2.19. The molecule has 1 N–H and O–H groups in total. The van der Waals surface area contributed by atoms with E-state index in [2.05, 4.69) is 26.1 Å². The second-order valence-corrected chi connectivity index (χ2v) is 6.92. The van der Waals surface area contributed by atoms with E-state index in [-0.39, 0.29) is 11.9 Å². The van der Waals surface area contributed by atoms with Crippen molar-refractivity contribution in [3.8, 4) is 5.75 Å². The average molecular weight is 293 g/mol. The molecule has 1 fully saturated rings. The Morgan fingerprint density at radius 1 is 1.33 bits per heavy atom. The molecule has 0 heterocycles. The van der Waals surface area contributed by atoms with E-state index in [0.717, 1.165) is 24.9 Å². The molecule has 118 valence electrons. The molecule has 1 aromatic rings. The van der Waals surface area contributed by atoms with Gasteiger partial charge in [0.1, 0.15) is 11.6 Å². The highest BCUT2D eigenvalue weighted by atomic mass is 19.1. The minimum absolute atomic E-state index is 0.108. The van der Waals surface area contributed by atoms with Gasteiger partial charge < -0.3 is 10.1 Å². The molecule has 1 aromatic carbocycles. The molecule has 0 aromatic heterocycles. The Bertz CT molecular complexity index is 462. The van der Waals surface area contributed by atoms with Crippen LogP contribution in [-0.4, -0.2) is 13.7 Å². The first-order chi connectivity index (χ1) is 9.96. The zero-order chi connectivity index (χ0) is 15.5. The van der Waals surface area contributed by atoms with E-state index < -0.39 is 0 Å². The van der Waals surface area contributed by atoms with Crippen molar-refractivity contribution in [3.05, 3.63) is 29.6 Å². The second kappa shape index (κ2) is 6.78. The lowest BCUT2D eigenvalue weighted by molar-refractivity contribution is 0.160. The molecule has 0 amide bonds. The average Bonchev–Trinajstić information content (AvgIpc) is 2.45. The van der Waals surface area contributed by atoms with Crippen LogP contribution in [0.25, 0.3) is 0 Å². The number of ether oxygens (including phenoxy) is 1. The van der Waals surface area contributed by atoms with Gasteiger partial charge in [-0.3, -0.25) is 0 Å². The third-order valence-corrected chi connectivity index (χ3v) is 4.82. The smallest absolute Gasteiger partial charge is 0.131 e. The third kappa shape index (κ3) is 3.97. The summed E-state index contributed by atoms with van der Waals surface area (Å²) >= 11 is 0. The van der Waals surface area contributed by atoms with Crippen molar-refractivity contribution in [1.29, 1.82) is 0 Å². The molecule has 0 radical (unpaired) electrons. The van der Waals surface area contributed by atoms with Gasteiger partial charge in [-0.15, -0.1) is 0 Å². The zero-order valence-corrected chi connectivity index (χ0v) is 13.7. The van der Waals surface area contributed by atoms with Crippen LogP contribution in [0.4, 0.5) is 4.39 Å². The van der Waals surface area contributed by atoms with Crippen molar-refractivity contribution >= 4 is 0 Å². The summed E-state index contributed by atoms with van der Waals surface area (Å²) in [6.45, 7) is 7.61. The van der Waals surface area contributed by atoms with Crippen LogP contribution in [0.15, 0.2) is 18.2 Å². The van der Waals surface area contributed by atoms with Crippen molar-refractivity contribution in [2.75, 3.05) is 13.7 Å². The minimum atomic E-state index is -0.162. The highest BCUT2D eigenvalue weighted by molar-refractivity contribution is 5.31. The molecule has 1 aliphatic rings. The zero-order valence-electron chi connectivity index (χ0n) is 13.7. The summed E-state index contributed by atoms with van der Waals surface area (Å²) in [5.41, 5.74) is 1.22. The summed E-state index contributed by atoms with van der Waals surface area (Å²) in [4.78, 5) is 0. The van der Waals surface area contributed by atoms with Gasteiger partial charge in [-0.2, -0.15) is 0 Å². The van der Waals surface area contributed by atoms with Crippen molar-refractivity contribution in [1.82, 2.24) is 5.32 Å². The van der Waals surface area contributed by atoms with Gasteiger partial charge in [0.2, 0.25) is 0 Å². The van der Waals surface area contributed by atoms with E-state index in [9.17, 15) is 4.39 Å². The largest absolute Gasteiger partial charge is 0.497 e. The monoisotopic (exact) mass is 293 g/mol. The Hall–Kier alpha value is -1.09. The highest BCUT2D eigenvalue weighted by Gasteiger charge is 2.32. The number of rotatable bonds is 5. The molecular formula is C18H28FNO. The molecule has 3 heteroatoms. The summed E-state index contributed by atoms with van der Waals surface area (Å²) in [6.07, 6.45) is 4.76. The maximum absolute atomic E-state index is 14.4. The molecule has 1 unspecified atom stereocenters. The Morgan fingerprint density at radius 3 is 2.52 bits per heavy atom. The number of hydrogen-bond donors (Lipinski definition) is 1. The first-order valence-electron chi connectivity index (χ1n) is 8.03. The molecule has 0 saturated heterocycles. The van der Waals surface area contributed by atoms with Crippen molar-refractivity contribution < 1.29 is 9.13 Å². The predicted octanol–water partition coefficient (Wildman–Crippen LogP) is 4.70. The number of methoxy groups -OCH3 is 1. The molecule has 21 heavy (non-hydrogen) atoms. The maximum Gasteiger partial charge on any atom is 0.131 e. The van der Waals surface area contributed by atoms with Crippen LogP contribution in [0, 0.1) is 17.2 Å². The lowest BCUT2D eigenvalue weighted by Crippen LogP contribution is -2.33. The SMILES string of the molecule is CCNC(c1ccc(OC)cc1F)C1CCC(C)(C)CC1. The van der Waals surface area contributed by atoms with Gasteiger partial charge in [0.15, 0.2) is 0 Å². The summed E-state index contributed by atoms with van der Waals surface area (Å²) in [5.74, 6) is 0.933. The predicted molar refractivity (Wildman–Crippen MR) is 85.1 cm³/mol. The second-order valence-electron chi connectivity index (χ2n) is 6.92. The van der Waals surface area contributed by atoms with Crippen LogP contribution >= 0.6 is 0 Å². The van der Waals surface area contributed by atoms with Crippen LogP contribution in [0.2, 0.25) is 0 Å². The van der Waals surface area contributed by atoms with Gasteiger partial charge in [-0.1, -0.05) is 26.8 Å². The highest BCUT2D eigenvalue weighted by Crippen LogP contribution is 2.43. The Kier molecular flexibility index (Phi) is 5.26. The van der Waals surface area contributed by atoms with E-state index in [1.165, 1.54) is 18.9 Å². The maximum atomic E-state index is 14.4. The number of halogens is 1. The Labute approximate surface area is 128 Å². The van der Waals surface area contributed by atoms with E-state index in [1.807, 2.05) is 12.1 Å². The molecule has 2 nitrogen and oxygen atoms in total. The standard InChI is InChI=1S/C18H28FNO/c1-5-20-17(13-8-10-18(2,3)11-9-13)15-7-6-14(21-4)12-16(15)19/h6-7,12-13,17,20H,5,8-11H2,1-4H3. The van der Waals surface area contributed by atoms with Gasteiger partial charge in [0, 0.05) is 17.7 Å². The number of hydrogen-bond acceptors (Lipinski definition) is 2. The topological polar surface area (TPSA) is 21.3 Å². The van der Waals surface area contributed by atoms with Gasteiger partial charge in [0.05, 0.1) is 7.11 Å². The van der Waals surface area contributed by atoms with Crippen molar-refractivity contribution in [2.24, 2.45) is 11.3 Å². The van der Waals surface area contributed by atoms with E-state index in [1.54, 1.807) is 7.11 Å². The normalized spacial score (nSPS) is 20.2. The summed E-state index contributed by atoms with van der Waals surface area (Å²) in [5, 5.41) is 3.49. The van der Waals surface area contributed by atoms with Gasteiger partial charge >= 0.3 is 0 Å². The summed E-state index contributed by atoms with van der Waals surface area (Å²) in [7, 11) is 1.57. The van der Waals surface area contributed by atoms with E-state index in [4.69, 9.17) is 4.74 Å². The van der Waals surface area contributed by atoms with Gasteiger partial charge in [0.25, 0.3) is 0 Å². The number of nitrogens with one attached hydrogen (secondary N) is 1. The van der Waals surface area contributed by atoms with Crippen molar-refractivity contribution in [2.45, 2.75) is 52.5 Å². The first kappa shape index (κ1) is 16.3. The molecule has 1 saturated carbocycles. The quantitative estimate of drug-likeness (QED) is 0.849. The van der Waals surface area contributed by atoms with Crippen LogP contribution < -0.4 is 10.1 Å². The lowest BCUT2D eigenvalue weighted by atomic mass is 9.70. The lowest BCUT2D eigenvalue weighted by Gasteiger charge is -2.38. The summed E-state index contributed by atoms with van der Waals surface area (Å²) in [6, 6.07) is 5.33. The third-order valence-electron chi connectivity index (χ3n) is 4.82. The van der Waals surface area contributed by atoms with Crippen LogP contribution in [0.3, 0.4) is 0 Å². The molecular weight excluding hydrogens is 265 g/mol. The minimum Gasteiger partial charge on any atom is -0.497 e. The van der Waals surface area contributed by atoms with E-state index in [0.29, 0.717) is 17.1 Å². The Morgan fingerprint density at radius 2 is 2.00 bits per heavy atom. The van der Waals surface area contributed by atoms with Crippen molar-refractivity contribution in [3.63, 3.8) is 0 Å². The molecule has 1 atom stereocenters. The fourth-order valence-corrected chi connectivity index (χ4v) is 3.39. The molecule has 2 rings (SSSR count). The molecule has 1 aliphatic carbocycles. The van der Waals surface area contributed by atoms with E-state index >= 15 is 0 Å². The molecule has 0 aliphatic heterocycles. The number of benzene rings is 1. The van der Waals surface area contributed by atoms with Crippen LogP contribution in [-0.2, 0) is 0 Å². The van der Waals surface area contributed by atoms with Gasteiger partial charge in [-0.25, -0.2) is 4.39 Å². The fourth-order valence-electron chi connectivity index (χ4n) is 3.39. The molecule has 0 spiro atoms. The first-order valence-corrected chi connectivity index (χ1v) is 8.03. The van der Waals surface area contributed by atoms with Crippen LogP contribution in [0.5, 0.6) is 5.75 Å². The van der Waals surface area contributed by atoms with Gasteiger partial charge in [-0.05, 0) is 49.6 Å². The summed E-state index contributed by atoms with van der Waals surface area (Å²) < 4.78 is 19.5. The fraction of sp³-hybridized carbons (Fsp3) is 0.667. The van der Waals surface area contributed by atoms with Crippen LogP contribution in [0.1, 0.15) is 58.1 Å². The molecule has 0 bridgehead atoms.